The number of primary amides is 1. The Hall–Kier alpha value is -2.06. The van der Waals surface area contributed by atoms with Gasteiger partial charge in [-0.25, -0.2) is 4.98 Å². The molecule has 0 saturated carbocycles. The van der Waals surface area contributed by atoms with Crippen LogP contribution in [0.1, 0.15) is 25.2 Å². The van der Waals surface area contributed by atoms with Crippen LogP contribution in [0.4, 0.5) is 0 Å². The summed E-state index contributed by atoms with van der Waals surface area (Å²) in [6.45, 7) is 3.91. The molecule has 0 aliphatic carbocycles. The molecule has 0 atom stereocenters. The second-order valence-electron chi connectivity index (χ2n) is 5.28. The number of alkyl halides is 1. The minimum atomic E-state index is -0.725. The highest BCUT2D eigenvalue weighted by Crippen LogP contribution is 2.26. The molecule has 0 bridgehead atoms. The molecule has 1 heterocycles. The third-order valence-electron chi connectivity index (χ3n) is 3.32. The first-order valence-electron chi connectivity index (χ1n) is 6.15. The molecule has 0 spiro atoms. The van der Waals surface area contributed by atoms with E-state index in [4.69, 9.17) is 22.6 Å². The van der Waals surface area contributed by atoms with Gasteiger partial charge in [-0.2, -0.15) is 5.26 Å². The number of imidazole rings is 1. The molecule has 2 rings (SSSR count). The van der Waals surface area contributed by atoms with E-state index in [-0.39, 0.29) is 5.88 Å². The summed E-state index contributed by atoms with van der Waals surface area (Å²) in [6, 6.07) is 7.46. The van der Waals surface area contributed by atoms with Crippen LogP contribution in [0.3, 0.4) is 0 Å². The summed E-state index contributed by atoms with van der Waals surface area (Å²) in [4.78, 5) is 15.9. The van der Waals surface area contributed by atoms with Crippen molar-refractivity contribution in [2.45, 2.75) is 26.3 Å². The molecule has 20 heavy (non-hydrogen) atoms. The topological polar surface area (TPSA) is 84.7 Å². The van der Waals surface area contributed by atoms with Gasteiger partial charge >= 0.3 is 0 Å². The Balaban J connectivity index is 2.64. The Labute approximate surface area is 122 Å². The van der Waals surface area contributed by atoms with E-state index in [2.05, 4.69) is 11.1 Å². The predicted octanol–water partition coefficient (Wildman–Crippen LogP) is 2.16. The van der Waals surface area contributed by atoms with E-state index in [1.165, 1.54) is 0 Å². The Bertz CT molecular complexity index is 712. The quantitative estimate of drug-likeness (QED) is 0.876. The lowest BCUT2D eigenvalue weighted by atomic mass is 9.92. The number of fused-ring (bicyclic) bond motifs is 1. The number of hydrogen-bond acceptors (Lipinski definition) is 3. The smallest absolute Gasteiger partial charge is 0.224 e. The first kappa shape index (κ1) is 14.4. The van der Waals surface area contributed by atoms with Gasteiger partial charge < -0.3 is 10.3 Å². The molecule has 5 nitrogen and oxygen atoms in total. The lowest BCUT2D eigenvalue weighted by molar-refractivity contribution is -0.126. The van der Waals surface area contributed by atoms with Crippen LogP contribution in [0.5, 0.6) is 0 Å². The number of nitrogens with two attached hydrogens (primary N) is 1. The second-order valence-corrected chi connectivity index (χ2v) is 5.55. The number of nitrogens with zero attached hydrogens (tertiary/aromatic N) is 3. The van der Waals surface area contributed by atoms with Crippen LogP contribution >= 0.6 is 11.6 Å². The fourth-order valence-corrected chi connectivity index (χ4v) is 2.24. The van der Waals surface area contributed by atoms with E-state index in [9.17, 15) is 4.79 Å². The first-order chi connectivity index (χ1) is 9.40. The Morgan fingerprint density at radius 1 is 1.55 bits per heavy atom. The lowest BCUT2D eigenvalue weighted by Gasteiger charge is -2.22. The number of para-hydroxylation sites is 1. The van der Waals surface area contributed by atoms with Gasteiger partial charge in [0.25, 0.3) is 0 Å². The Kier molecular flexibility index (Phi) is 3.69. The molecule has 2 N–H and O–H groups in total. The van der Waals surface area contributed by atoms with E-state index in [0.29, 0.717) is 23.4 Å². The zero-order valence-corrected chi connectivity index (χ0v) is 12.1. The van der Waals surface area contributed by atoms with Crippen LogP contribution < -0.4 is 5.73 Å². The fraction of sp³-hybridized carbons (Fsp3) is 0.357. The number of halogens is 1. The minimum Gasteiger partial charge on any atom is -0.369 e. The first-order valence-corrected chi connectivity index (χ1v) is 6.68. The van der Waals surface area contributed by atoms with Gasteiger partial charge in [0.2, 0.25) is 5.91 Å². The molecule has 104 valence electrons. The van der Waals surface area contributed by atoms with Crippen LogP contribution in [0.25, 0.3) is 11.0 Å². The molecule has 0 aliphatic rings. The van der Waals surface area contributed by atoms with E-state index in [1.807, 2.05) is 10.6 Å². The average Bonchev–Trinajstić information content (AvgIpc) is 2.76. The zero-order valence-electron chi connectivity index (χ0n) is 11.4. The number of amides is 1. The summed E-state index contributed by atoms with van der Waals surface area (Å²) in [6.07, 6.45) is 0. The molecular weight excluding hydrogens is 276 g/mol. The van der Waals surface area contributed by atoms with E-state index in [0.717, 1.165) is 5.52 Å². The highest BCUT2D eigenvalue weighted by atomic mass is 35.5. The largest absolute Gasteiger partial charge is 0.369 e. The Morgan fingerprint density at radius 3 is 2.80 bits per heavy atom. The third-order valence-corrected chi connectivity index (χ3v) is 3.56. The summed E-state index contributed by atoms with van der Waals surface area (Å²) in [5, 5.41) is 9.12. The molecule has 0 saturated heterocycles. The van der Waals surface area contributed by atoms with Crippen LogP contribution in [0.15, 0.2) is 18.2 Å². The maximum absolute atomic E-state index is 11.5. The van der Waals surface area contributed by atoms with Crippen LogP contribution in [0.2, 0.25) is 0 Å². The number of hydrogen-bond donors (Lipinski definition) is 1. The number of carbonyl (C=O) groups is 1. The van der Waals surface area contributed by atoms with Crippen LogP contribution in [-0.2, 0) is 17.2 Å². The highest BCUT2D eigenvalue weighted by Gasteiger charge is 2.27. The fourth-order valence-electron chi connectivity index (χ4n) is 2.04. The number of rotatable bonds is 4. The van der Waals surface area contributed by atoms with Gasteiger partial charge in [-0.3, -0.25) is 4.79 Å². The number of benzene rings is 1. The van der Waals surface area contributed by atoms with Gasteiger partial charge in [0, 0.05) is 6.54 Å². The van der Waals surface area contributed by atoms with E-state index < -0.39 is 11.3 Å². The van der Waals surface area contributed by atoms with Crippen molar-refractivity contribution in [2.75, 3.05) is 0 Å². The van der Waals surface area contributed by atoms with Crippen molar-refractivity contribution in [1.29, 1.82) is 5.26 Å². The summed E-state index contributed by atoms with van der Waals surface area (Å²) in [5.41, 5.74) is 6.57. The second kappa shape index (κ2) is 5.14. The lowest BCUT2D eigenvalue weighted by Crippen LogP contribution is -2.35. The van der Waals surface area contributed by atoms with Gasteiger partial charge in [-0.15, -0.1) is 11.6 Å². The molecule has 1 amide bonds. The van der Waals surface area contributed by atoms with E-state index >= 15 is 0 Å². The Morgan fingerprint density at radius 2 is 2.25 bits per heavy atom. The van der Waals surface area contributed by atoms with Crippen molar-refractivity contribution in [3.05, 3.63) is 29.6 Å². The van der Waals surface area contributed by atoms with Gasteiger partial charge in [-0.05, 0) is 26.0 Å². The third kappa shape index (κ3) is 2.35. The molecule has 1 aromatic heterocycles. The summed E-state index contributed by atoms with van der Waals surface area (Å²) in [7, 11) is 0. The SMILES string of the molecule is CC(C)(Cn1c(CCl)nc2c(C#N)cccc21)C(N)=O. The molecule has 2 aromatic rings. The normalized spacial score (nSPS) is 11.5. The molecule has 0 fully saturated rings. The highest BCUT2D eigenvalue weighted by molar-refractivity contribution is 6.16. The van der Waals surface area contributed by atoms with Crippen molar-refractivity contribution in [2.24, 2.45) is 11.1 Å². The zero-order chi connectivity index (χ0) is 14.9. The predicted molar refractivity (Wildman–Crippen MR) is 77.0 cm³/mol. The molecular formula is C14H15ClN4O. The minimum absolute atomic E-state index is 0.203. The van der Waals surface area contributed by atoms with Crippen molar-refractivity contribution in [3.8, 4) is 6.07 Å². The van der Waals surface area contributed by atoms with Crippen molar-refractivity contribution in [3.63, 3.8) is 0 Å². The summed E-state index contributed by atoms with van der Waals surface area (Å²) < 4.78 is 1.86. The summed E-state index contributed by atoms with van der Waals surface area (Å²) in [5.74, 6) is 0.434. The van der Waals surface area contributed by atoms with Gasteiger partial charge in [0.05, 0.1) is 22.4 Å². The summed E-state index contributed by atoms with van der Waals surface area (Å²) >= 11 is 5.93. The molecule has 0 unspecified atom stereocenters. The maximum atomic E-state index is 11.5. The molecule has 1 aromatic carbocycles. The number of nitriles is 1. The van der Waals surface area contributed by atoms with Crippen LogP contribution in [-0.4, -0.2) is 15.5 Å². The molecule has 0 aliphatic heterocycles. The molecule has 6 heteroatoms. The van der Waals surface area contributed by atoms with Crippen molar-refractivity contribution >= 4 is 28.5 Å². The average molecular weight is 291 g/mol. The van der Waals surface area contributed by atoms with Gasteiger partial charge in [0.1, 0.15) is 17.4 Å². The maximum Gasteiger partial charge on any atom is 0.224 e. The molecule has 0 radical (unpaired) electrons. The van der Waals surface area contributed by atoms with Crippen molar-refractivity contribution < 1.29 is 4.79 Å². The monoisotopic (exact) mass is 290 g/mol. The van der Waals surface area contributed by atoms with E-state index in [1.54, 1.807) is 26.0 Å². The van der Waals surface area contributed by atoms with Gasteiger partial charge in [0.15, 0.2) is 0 Å². The standard InChI is InChI=1S/C14H15ClN4O/c1-14(2,13(17)20)8-19-10-5-3-4-9(7-16)12(10)18-11(19)6-15/h3-5H,6,8H2,1-2H3,(H2,17,20). The van der Waals surface area contributed by atoms with Gasteiger partial charge in [-0.1, -0.05) is 6.07 Å². The number of aromatic nitrogens is 2. The number of carbonyl (C=O) groups excluding carboxylic acids is 1. The van der Waals surface area contributed by atoms with Crippen LogP contribution in [0, 0.1) is 16.7 Å². The van der Waals surface area contributed by atoms with Crippen molar-refractivity contribution in [1.82, 2.24) is 9.55 Å².